The van der Waals surface area contributed by atoms with Crippen LogP contribution in [0.15, 0.2) is 17.3 Å². The van der Waals surface area contributed by atoms with Crippen molar-refractivity contribution in [2.45, 2.75) is 20.8 Å². The van der Waals surface area contributed by atoms with Crippen LogP contribution in [0.3, 0.4) is 0 Å². The lowest BCUT2D eigenvalue weighted by atomic mass is 9.94. The fraction of sp³-hybridized carbons (Fsp3) is 0.667. The van der Waals surface area contributed by atoms with E-state index in [0.717, 1.165) is 13.1 Å². The van der Waals surface area contributed by atoms with Crippen molar-refractivity contribution >= 4 is 6.72 Å². The lowest BCUT2D eigenvalue weighted by Gasteiger charge is -2.21. The number of aliphatic imine (C=N–C) groups is 1. The van der Waals surface area contributed by atoms with Gasteiger partial charge in [-0.05, 0) is 19.8 Å². The van der Waals surface area contributed by atoms with Gasteiger partial charge in [0.15, 0.2) is 0 Å². The van der Waals surface area contributed by atoms with Gasteiger partial charge in [0.1, 0.15) is 0 Å². The second-order valence-corrected chi connectivity index (χ2v) is 3.43. The number of hydrogen-bond donors (Lipinski definition) is 1. The summed E-state index contributed by atoms with van der Waals surface area (Å²) in [5, 5.41) is 3.19. The van der Waals surface area contributed by atoms with Crippen LogP contribution in [0.25, 0.3) is 0 Å². The van der Waals surface area contributed by atoms with Crippen LogP contribution in [0.5, 0.6) is 0 Å². The Hall–Kier alpha value is -0.790. The molecule has 0 saturated carbocycles. The summed E-state index contributed by atoms with van der Waals surface area (Å²) in [5.41, 5.74) is 0.210. The van der Waals surface area contributed by atoms with E-state index in [-0.39, 0.29) is 5.41 Å². The van der Waals surface area contributed by atoms with Gasteiger partial charge in [-0.25, -0.2) is 0 Å². The Morgan fingerprint density at radius 1 is 1.55 bits per heavy atom. The highest BCUT2D eigenvalue weighted by Gasteiger charge is 2.14. The molecule has 0 rings (SSSR count). The summed E-state index contributed by atoms with van der Waals surface area (Å²) in [5.74, 6) is 0. The molecule has 0 aromatic heterocycles. The van der Waals surface area contributed by atoms with Crippen molar-refractivity contribution in [3.8, 4) is 0 Å². The number of nitrogens with one attached hydrogen (secondary N) is 1. The molecule has 0 aromatic carbocycles. The number of rotatable bonds is 5. The molecule has 0 aliphatic heterocycles. The quantitative estimate of drug-likeness (QED) is 0.600. The predicted molar refractivity (Wildman–Crippen MR) is 51.0 cm³/mol. The molecule has 0 aliphatic carbocycles. The van der Waals surface area contributed by atoms with Crippen LogP contribution >= 0.6 is 0 Å². The third-order valence-corrected chi connectivity index (χ3v) is 1.40. The van der Waals surface area contributed by atoms with Gasteiger partial charge in [0.05, 0.1) is 0 Å². The molecular formula is C9H18N2. The Kier molecular flexibility index (Phi) is 4.59. The number of allylic oxidation sites excluding steroid dienone is 1. The fourth-order valence-corrected chi connectivity index (χ4v) is 0.812. The smallest absolute Gasteiger partial charge is 0.0450 e. The normalized spacial score (nSPS) is 11.9. The summed E-state index contributed by atoms with van der Waals surface area (Å²) in [6.07, 6.45) is 3.93. The third kappa shape index (κ3) is 5.64. The zero-order valence-corrected chi connectivity index (χ0v) is 7.72. The second-order valence-electron chi connectivity index (χ2n) is 3.43. The Bertz CT molecular complexity index is 136. The van der Waals surface area contributed by atoms with E-state index in [2.05, 4.69) is 30.9 Å². The molecule has 1 N–H and O–H groups in total. The van der Waals surface area contributed by atoms with E-state index >= 15 is 0 Å². The first kappa shape index (κ1) is 10.2. The Balaban J connectivity index is 3.62. The molecule has 0 unspecified atom stereocenters. The van der Waals surface area contributed by atoms with E-state index in [4.69, 9.17) is 0 Å². The molecule has 0 amide bonds. The molecule has 0 bridgehead atoms. The van der Waals surface area contributed by atoms with Gasteiger partial charge in [-0.1, -0.05) is 19.9 Å². The Morgan fingerprint density at radius 2 is 2.18 bits per heavy atom. The van der Waals surface area contributed by atoms with Crippen molar-refractivity contribution in [2.75, 3.05) is 13.1 Å². The monoisotopic (exact) mass is 154 g/mol. The molecule has 0 radical (unpaired) electrons. The minimum Gasteiger partial charge on any atom is -0.391 e. The van der Waals surface area contributed by atoms with Crippen molar-refractivity contribution in [3.63, 3.8) is 0 Å². The van der Waals surface area contributed by atoms with Crippen LogP contribution in [-0.4, -0.2) is 19.8 Å². The molecule has 0 fully saturated rings. The van der Waals surface area contributed by atoms with Crippen LogP contribution < -0.4 is 5.32 Å². The predicted octanol–water partition coefficient (Wildman–Crippen LogP) is 1.84. The molecule has 0 saturated heterocycles. The van der Waals surface area contributed by atoms with Gasteiger partial charge >= 0.3 is 0 Å². The zero-order valence-electron chi connectivity index (χ0n) is 7.72. The summed E-state index contributed by atoms with van der Waals surface area (Å²) in [6, 6.07) is 0. The summed E-state index contributed by atoms with van der Waals surface area (Å²) >= 11 is 0. The van der Waals surface area contributed by atoms with Crippen LogP contribution in [0.2, 0.25) is 0 Å². The highest BCUT2D eigenvalue weighted by Crippen LogP contribution is 2.12. The largest absolute Gasteiger partial charge is 0.391 e. The van der Waals surface area contributed by atoms with Crippen molar-refractivity contribution in [1.82, 2.24) is 5.32 Å². The fourth-order valence-electron chi connectivity index (χ4n) is 0.812. The highest BCUT2D eigenvalue weighted by molar-refractivity contribution is 5.23. The highest BCUT2D eigenvalue weighted by atomic mass is 14.9. The first-order valence-electron chi connectivity index (χ1n) is 3.89. The average Bonchev–Trinajstić information content (AvgIpc) is 1.87. The maximum absolute atomic E-state index is 3.87. The van der Waals surface area contributed by atoms with Crippen molar-refractivity contribution in [2.24, 2.45) is 10.4 Å². The lowest BCUT2D eigenvalue weighted by molar-refractivity contribution is 0.372. The molecule has 11 heavy (non-hydrogen) atoms. The lowest BCUT2D eigenvalue weighted by Crippen LogP contribution is -2.28. The van der Waals surface area contributed by atoms with Gasteiger partial charge in [0.2, 0.25) is 0 Å². The Morgan fingerprint density at radius 3 is 2.64 bits per heavy atom. The summed E-state index contributed by atoms with van der Waals surface area (Å²) < 4.78 is 0. The van der Waals surface area contributed by atoms with Crippen molar-refractivity contribution in [3.05, 3.63) is 12.3 Å². The molecule has 0 heterocycles. The minimum atomic E-state index is 0.210. The summed E-state index contributed by atoms with van der Waals surface area (Å²) in [6.45, 7) is 11.5. The molecular weight excluding hydrogens is 136 g/mol. The molecule has 2 heteroatoms. The first-order chi connectivity index (χ1) is 5.12. The van der Waals surface area contributed by atoms with E-state index in [0.29, 0.717) is 0 Å². The van der Waals surface area contributed by atoms with E-state index in [1.165, 1.54) is 0 Å². The second kappa shape index (κ2) is 4.94. The van der Waals surface area contributed by atoms with E-state index in [1.807, 2.05) is 19.2 Å². The van der Waals surface area contributed by atoms with Gasteiger partial charge in [-0.3, -0.25) is 0 Å². The van der Waals surface area contributed by atoms with Crippen molar-refractivity contribution < 1.29 is 0 Å². The SMILES string of the molecule is C=NCC(C)(C)CN/C=C/C. The van der Waals surface area contributed by atoms with E-state index in [1.54, 1.807) is 0 Å². The number of hydrogen-bond acceptors (Lipinski definition) is 2. The van der Waals surface area contributed by atoms with Gasteiger partial charge < -0.3 is 10.3 Å². The van der Waals surface area contributed by atoms with Crippen LogP contribution in [0, 0.1) is 5.41 Å². The summed E-state index contributed by atoms with van der Waals surface area (Å²) in [4.78, 5) is 3.87. The minimum absolute atomic E-state index is 0.210. The van der Waals surface area contributed by atoms with Crippen LogP contribution in [0.4, 0.5) is 0 Å². The molecule has 2 nitrogen and oxygen atoms in total. The van der Waals surface area contributed by atoms with Crippen molar-refractivity contribution in [1.29, 1.82) is 0 Å². The van der Waals surface area contributed by atoms with Crippen LogP contribution in [-0.2, 0) is 0 Å². The molecule has 0 aliphatic rings. The van der Waals surface area contributed by atoms with Gasteiger partial charge in [-0.2, -0.15) is 0 Å². The first-order valence-corrected chi connectivity index (χ1v) is 3.89. The van der Waals surface area contributed by atoms with Gasteiger partial charge in [0.25, 0.3) is 0 Å². The van der Waals surface area contributed by atoms with Gasteiger partial charge in [-0.15, -0.1) is 0 Å². The van der Waals surface area contributed by atoms with E-state index in [9.17, 15) is 0 Å². The Labute approximate surface area is 69.4 Å². The van der Waals surface area contributed by atoms with Gasteiger partial charge in [0, 0.05) is 18.5 Å². The summed E-state index contributed by atoms with van der Waals surface area (Å²) in [7, 11) is 0. The maximum atomic E-state index is 3.87. The average molecular weight is 154 g/mol. The molecule has 0 spiro atoms. The topological polar surface area (TPSA) is 24.4 Å². The maximum Gasteiger partial charge on any atom is 0.0450 e. The molecule has 0 atom stereocenters. The number of nitrogens with zero attached hydrogens (tertiary/aromatic N) is 1. The zero-order chi connectivity index (χ0) is 8.74. The standard InChI is InChI=1S/C9H18N2/c1-5-6-11-8-9(2,3)7-10-4/h5-6,11H,4,7-8H2,1-3H3/b6-5+. The van der Waals surface area contributed by atoms with E-state index < -0.39 is 0 Å². The molecule has 64 valence electrons. The van der Waals surface area contributed by atoms with Crippen LogP contribution in [0.1, 0.15) is 20.8 Å². The third-order valence-electron chi connectivity index (χ3n) is 1.40. The molecule has 0 aromatic rings.